The van der Waals surface area contributed by atoms with Gasteiger partial charge in [0.2, 0.25) is 0 Å². The number of piperidine rings is 2. The number of benzene rings is 1. The molecule has 3 rings (SSSR count). The minimum Gasteiger partial charge on any atom is -0.459 e. The van der Waals surface area contributed by atoms with Crippen LogP contribution in [0, 0.1) is 0 Å². The molecule has 2 aliphatic heterocycles. The summed E-state index contributed by atoms with van der Waals surface area (Å²) in [4.78, 5) is 30.4. The number of carbonyl (C=O) groups excluding carboxylic acids is 2. The third-order valence-corrected chi connectivity index (χ3v) is 8.44. The average Bonchev–Trinajstić information content (AvgIpc) is 2.69. The zero-order chi connectivity index (χ0) is 25.7. The van der Waals surface area contributed by atoms with Gasteiger partial charge < -0.3 is 9.47 Å². The van der Waals surface area contributed by atoms with Gasteiger partial charge in [-0.15, -0.1) is 0 Å². The topological polar surface area (TPSA) is 59.1 Å². The zero-order valence-corrected chi connectivity index (χ0v) is 22.8. The van der Waals surface area contributed by atoms with Crippen LogP contribution in [-0.4, -0.2) is 70.2 Å². The van der Waals surface area contributed by atoms with Crippen LogP contribution in [0.5, 0.6) is 0 Å². The number of carbonyl (C=O) groups is 2. The molecule has 190 valence electrons. The van der Waals surface area contributed by atoms with Crippen LogP contribution in [0.1, 0.15) is 102 Å². The molecule has 0 bridgehead atoms. The molecular weight excluding hydrogens is 428 g/mol. The smallest absolute Gasteiger partial charge is 0.338 e. The van der Waals surface area contributed by atoms with Crippen molar-refractivity contribution >= 4 is 11.9 Å². The van der Waals surface area contributed by atoms with Gasteiger partial charge in [0.15, 0.2) is 0 Å². The van der Waals surface area contributed by atoms with E-state index in [0.717, 1.165) is 25.7 Å². The van der Waals surface area contributed by atoms with Crippen molar-refractivity contribution in [2.75, 3.05) is 14.1 Å². The molecule has 6 nitrogen and oxygen atoms in total. The molecule has 0 aliphatic carbocycles. The largest absolute Gasteiger partial charge is 0.459 e. The van der Waals surface area contributed by atoms with Crippen LogP contribution in [0.15, 0.2) is 24.3 Å². The second kappa shape index (κ2) is 8.94. The van der Waals surface area contributed by atoms with Crippen molar-refractivity contribution in [2.45, 2.75) is 115 Å². The highest BCUT2D eigenvalue weighted by molar-refractivity contribution is 5.93. The fourth-order valence-corrected chi connectivity index (χ4v) is 5.91. The number of likely N-dealkylation sites (tertiary alicyclic amines) is 2. The lowest BCUT2D eigenvalue weighted by molar-refractivity contribution is -0.0741. The quantitative estimate of drug-likeness (QED) is 0.554. The number of rotatable bonds is 4. The van der Waals surface area contributed by atoms with Crippen LogP contribution in [0.4, 0.5) is 0 Å². The zero-order valence-electron chi connectivity index (χ0n) is 22.8. The molecule has 0 N–H and O–H groups in total. The van der Waals surface area contributed by atoms with Crippen LogP contribution in [0.2, 0.25) is 0 Å². The molecule has 34 heavy (non-hydrogen) atoms. The standard InChI is InChI=1S/C28H44N2O4/c1-25(2)15-21(16-26(3,4)29(25)9)33-23(31)19-11-13-20(14-12-19)24(32)34-22-17-27(5,6)30(10)28(7,8)18-22/h11-14,21-22H,15-18H2,1-10H3. The second-order valence-corrected chi connectivity index (χ2v) is 12.8. The maximum absolute atomic E-state index is 12.8. The van der Waals surface area contributed by atoms with E-state index in [-0.39, 0.29) is 46.3 Å². The third-order valence-electron chi connectivity index (χ3n) is 8.44. The van der Waals surface area contributed by atoms with Crippen molar-refractivity contribution in [3.05, 3.63) is 35.4 Å². The summed E-state index contributed by atoms with van der Waals surface area (Å²) in [6.45, 7) is 17.5. The van der Waals surface area contributed by atoms with Crippen molar-refractivity contribution in [3.63, 3.8) is 0 Å². The van der Waals surface area contributed by atoms with E-state index < -0.39 is 0 Å². The summed E-state index contributed by atoms with van der Waals surface area (Å²) < 4.78 is 11.8. The molecule has 2 heterocycles. The first kappa shape index (κ1) is 26.7. The maximum atomic E-state index is 12.8. The lowest BCUT2D eigenvalue weighted by Gasteiger charge is -2.53. The Labute approximate surface area is 206 Å². The normalized spacial score (nSPS) is 25.0. The number of esters is 2. The fourth-order valence-electron chi connectivity index (χ4n) is 5.91. The van der Waals surface area contributed by atoms with E-state index >= 15 is 0 Å². The van der Waals surface area contributed by atoms with E-state index in [1.54, 1.807) is 24.3 Å². The van der Waals surface area contributed by atoms with E-state index in [0.29, 0.717) is 11.1 Å². The minimum atomic E-state index is -0.347. The molecule has 0 atom stereocenters. The lowest BCUT2D eigenvalue weighted by atomic mass is 9.78. The van der Waals surface area contributed by atoms with Crippen molar-refractivity contribution in [2.24, 2.45) is 0 Å². The van der Waals surface area contributed by atoms with Gasteiger partial charge in [-0.3, -0.25) is 9.80 Å². The molecule has 0 radical (unpaired) electrons. The molecule has 1 aromatic rings. The Hall–Kier alpha value is -1.92. The summed E-state index contributed by atoms with van der Waals surface area (Å²) in [5, 5.41) is 0. The molecule has 6 heteroatoms. The van der Waals surface area contributed by atoms with Gasteiger partial charge >= 0.3 is 11.9 Å². The van der Waals surface area contributed by atoms with Gasteiger partial charge in [-0.05, 0) is 93.8 Å². The molecule has 0 unspecified atom stereocenters. The van der Waals surface area contributed by atoms with Crippen molar-refractivity contribution in [3.8, 4) is 0 Å². The number of hydrogen-bond acceptors (Lipinski definition) is 6. The molecule has 1 aromatic carbocycles. The predicted molar refractivity (Wildman–Crippen MR) is 135 cm³/mol. The molecule has 2 saturated heterocycles. The van der Waals surface area contributed by atoms with Crippen molar-refractivity contribution < 1.29 is 19.1 Å². The lowest BCUT2D eigenvalue weighted by Crippen LogP contribution is -2.60. The SMILES string of the molecule is CN1C(C)(C)CC(OC(=O)c2ccc(C(=O)OC3CC(C)(C)N(C)C(C)(C)C3)cc2)CC1(C)C. The van der Waals surface area contributed by atoms with Crippen molar-refractivity contribution in [1.82, 2.24) is 9.80 Å². The Balaban J connectivity index is 1.62. The Morgan fingerprint density at radius 3 is 1.09 bits per heavy atom. The van der Waals surface area contributed by atoms with E-state index in [1.165, 1.54) is 0 Å². The van der Waals surface area contributed by atoms with Gasteiger partial charge in [0, 0.05) is 47.8 Å². The van der Waals surface area contributed by atoms with Crippen LogP contribution in [0.25, 0.3) is 0 Å². The highest BCUT2D eigenvalue weighted by Crippen LogP contribution is 2.39. The molecule has 0 spiro atoms. The summed E-state index contributed by atoms with van der Waals surface area (Å²) in [5.74, 6) is -0.695. The van der Waals surface area contributed by atoms with E-state index in [1.807, 2.05) is 0 Å². The van der Waals surface area contributed by atoms with E-state index in [2.05, 4.69) is 79.3 Å². The summed E-state index contributed by atoms with van der Waals surface area (Å²) in [6, 6.07) is 6.64. The molecule has 0 aromatic heterocycles. The summed E-state index contributed by atoms with van der Waals surface area (Å²) in [6.07, 6.45) is 2.85. The molecular formula is C28H44N2O4. The van der Waals surface area contributed by atoms with Gasteiger partial charge in [-0.1, -0.05) is 0 Å². The summed E-state index contributed by atoms with van der Waals surface area (Å²) in [5.41, 5.74) is 0.670. The number of hydrogen-bond donors (Lipinski definition) is 0. The Morgan fingerprint density at radius 1 is 0.618 bits per heavy atom. The van der Waals surface area contributed by atoms with Gasteiger partial charge in [0.25, 0.3) is 0 Å². The van der Waals surface area contributed by atoms with Gasteiger partial charge in [0.1, 0.15) is 12.2 Å². The number of ether oxygens (including phenoxy) is 2. The van der Waals surface area contributed by atoms with Gasteiger partial charge in [-0.2, -0.15) is 0 Å². The Bertz CT molecular complexity index is 806. The van der Waals surface area contributed by atoms with Gasteiger partial charge in [0.05, 0.1) is 11.1 Å². The summed E-state index contributed by atoms with van der Waals surface area (Å²) in [7, 11) is 4.26. The van der Waals surface area contributed by atoms with Crippen LogP contribution in [-0.2, 0) is 9.47 Å². The first-order valence-corrected chi connectivity index (χ1v) is 12.4. The van der Waals surface area contributed by atoms with Crippen molar-refractivity contribution in [1.29, 1.82) is 0 Å². The molecule has 0 saturated carbocycles. The van der Waals surface area contributed by atoms with Crippen LogP contribution < -0.4 is 0 Å². The Morgan fingerprint density at radius 2 is 0.853 bits per heavy atom. The summed E-state index contributed by atoms with van der Waals surface area (Å²) >= 11 is 0. The minimum absolute atomic E-state index is 0.0582. The van der Waals surface area contributed by atoms with Gasteiger partial charge in [-0.25, -0.2) is 9.59 Å². The fraction of sp³-hybridized carbons (Fsp3) is 0.714. The van der Waals surface area contributed by atoms with E-state index in [9.17, 15) is 9.59 Å². The predicted octanol–water partition coefficient (Wildman–Crippen LogP) is 5.30. The van der Waals surface area contributed by atoms with E-state index in [4.69, 9.17) is 9.47 Å². The third kappa shape index (κ3) is 5.49. The van der Waals surface area contributed by atoms with Crippen LogP contribution in [0.3, 0.4) is 0 Å². The first-order valence-electron chi connectivity index (χ1n) is 12.4. The molecule has 0 amide bonds. The maximum Gasteiger partial charge on any atom is 0.338 e. The second-order valence-electron chi connectivity index (χ2n) is 12.8. The highest BCUT2D eigenvalue weighted by atomic mass is 16.5. The first-order chi connectivity index (χ1) is 15.4. The monoisotopic (exact) mass is 472 g/mol. The molecule has 2 fully saturated rings. The number of nitrogens with zero attached hydrogens (tertiary/aromatic N) is 2. The highest BCUT2D eigenvalue weighted by Gasteiger charge is 2.45. The Kier molecular flexibility index (Phi) is 7.02. The average molecular weight is 473 g/mol. The molecule has 2 aliphatic rings. The van der Waals surface area contributed by atoms with Crippen LogP contribution >= 0.6 is 0 Å².